The minimum Gasteiger partial charge on any atom is -0.445 e. The fourth-order valence-corrected chi connectivity index (χ4v) is 3.24. The summed E-state index contributed by atoms with van der Waals surface area (Å²) in [4.78, 5) is 14.1. The molecule has 2 fully saturated rings. The fraction of sp³-hybridized carbons (Fsp3) is 0.562. The third-order valence-corrected chi connectivity index (χ3v) is 4.47. The number of carbonyl (C=O) groups excluding carboxylic acids is 1. The van der Waals surface area contributed by atoms with Crippen molar-refractivity contribution in [1.29, 1.82) is 0 Å². The van der Waals surface area contributed by atoms with Crippen LogP contribution in [0, 0.1) is 11.8 Å². The predicted octanol–water partition coefficient (Wildman–Crippen LogP) is 2.25. The lowest BCUT2D eigenvalue weighted by molar-refractivity contribution is 0.0444. The zero-order valence-corrected chi connectivity index (χ0v) is 11.9. The molecule has 3 rings (SSSR count). The smallest absolute Gasteiger partial charge is 0.410 e. The number of piperidine rings is 2. The number of ether oxygens (including phenoxy) is 1. The summed E-state index contributed by atoms with van der Waals surface area (Å²) in [5.74, 6) is 1.14. The maximum absolute atomic E-state index is 12.2. The van der Waals surface area contributed by atoms with Gasteiger partial charge in [-0.05, 0) is 37.3 Å². The number of amides is 1. The molecular formula is C16H22N2O2. The zero-order chi connectivity index (χ0) is 13.9. The van der Waals surface area contributed by atoms with E-state index in [2.05, 4.69) is 12.2 Å². The first kappa shape index (κ1) is 13.4. The summed E-state index contributed by atoms with van der Waals surface area (Å²) < 4.78 is 5.43. The Hall–Kier alpha value is -1.55. The summed E-state index contributed by atoms with van der Waals surface area (Å²) in [6.45, 7) is 5.22. The first-order chi connectivity index (χ1) is 9.72. The van der Waals surface area contributed by atoms with Crippen molar-refractivity contribution in [2.75, 3.05) is 19.6 Å². The molecule has 4 heteroatoms. The fourth-order valence-electron chi connectivity index (χ4n) is 3.24. The van der Waals surface area contributed by atoms with E-state index in [1.54, 1.807) is 0 Å². The molecular weight excluding hydrogens is 252 g/mol. The Labute approximate surface area is 120 Å². The van der Waals surface area contributed by atoms with E-state index in [0.717, 1.165) is 25.2 Å². The van der Waals surface area contributed by atoms with Crippen LogP contribution in [0.1, 0.15) is 18.9 Å². The van der Waals surface area contributed by atoms with Gasteiger partial charge in [0.15, 0.2) is 0 Å². The zero-order valence-electron chi connectivity index (χ0n) is 11.9. The lowest BCUT2D eigenvalue weighted by atomic mass is 9.81. The minimum atomic E-state index is -0.169. The molecule has 3 unspecified atom stereocenters. The molecule has 0 radical (unpaired) electrons. The van der Waals surface area contributed by atoms with Crippen LogP contribution in [0.4, 0.5) is 4.79 Å². The van der Waals surface area contributed by atoms with Crippen LogP contribution in [0.15, 0.2) is 30.3 Å². The van der Waals surface area contributed by atoms with Crippen molar-refractivity contribution in [2.45, 2.75) is 26.0 Å². The first-order valence-electron chi connectivity index (χ1n) is 7.41. The van der Waals surface area contributed by atoms with E-state index in [-0.39, 0.29) is 6.09 Å². The van der Waals surface area contributed by atoms with E-state index < -0.39 is 0 Å². The molecule has 0 aromatic heterocycles. The van der Waals surface area contributed by atoms with Crippen LogP contribution >= 0.6 is 0 Å². The maximum atomic E-state index is 12.2. The highest BCUT2D eigenvalue weighted by molar-refractivity contribution is 5.67. The molecule has 20 heavy (non-hydrogen) atoms. The third kappa shape index (κ3) is 2.96. The monoisotopic (exact) mass is 274 g/mol. The Morgan fingerprint density at radius 2 is 2.15 bits per heavy atom. The lowest BCUT2D eigenvalue weighted by Gasteiger charge is -2.44. The van der Waals surface area contributed by atoms with Crippen LogP contribution < -0.4 is 5.32 Å². The largest absolute Gasteiger partial charge is 0.445 e. The van der Waals surface area contributed by atoms with Crippen molar-refractivity contribution < 1.29 is 9.53 Å². The van der Waals surface area contributed by atoms with E-state index in [0.29, 0.717) is 24.5 Å². The lowest BCUT2D eigenvalue weighted by Crippen LogP contribution is -2.56. The Bertz CT molecular complexity index is 463. The van der Waals surface area contributed by atoms with E-state index in [9.17, 15) is 4.79 Å². The van der Waals surface area contributed by atoms with Crippen LogP contribution in [0.2, 0.25) is 0 Å². The number of likely N-dealkylation sites (tertiary alicyclic amines) is 1. The van der Waals surface area contributed by atoms with Gasteiger partial charge < -0.3 is 15.0 Å². The summed E-state index contributed by atoms with van der Waals surface area (Å²) in [5, 5.41) is 3.52. The van der Waals surface area contributed by atoms with Gasteiger partial charge in [-0.1, -0.05) is 30.3 Å². The van der Waals surface area contributed by atoms with Crippen LogP contribution in [0.25, 0.3) is 0 Å². The van der Waals surface area contributed by atoms with Gasteiger partial charge in [-0.25, -0.2) is 4.79 Å². The molecule has 1 aromatic carbocycles. The number of nitrogens with zero attached hydrogens (tertiary/aromatic N) is 1. The van der Waals surface area contributed by atoms with Gasteiger partial charge in [0.25, 0.3) is 0 Å². The number of benzene rings is 1. The third-order valence-electron chi connectivity index (χ3n) is 4.47. The van der Waals surface area contributed by atoms with Crippen molar-refractivity contribution >= 4 is 6.09 Å². The Morgan fingerprint density at radius 3 is 2.95 bits per heavy atom. The van der Waals surface area contributed by atoms with Crippen molar-refractivity contribution in [3.8, 4) is 0 Å². The highest BCUT2D eigenvalue weighted by Crippen LogP contribution is 2.28. The second-order valence-electron chi connectivity index (χ2n) is 6.00. The van der Waals surface area contributed by atoms with Gasteiger partial charge >= 0.3 is 6.09 Å². The molecule has 0 spiro atoms. The van der Waals surface area contributed by atoms with Crippen LogP contribution in [0.5, 0.6) is 0 Å². The summed E-state index contributed by atoms with van der Waals surface area (Å²) in [6, 6.07) is 10.3. The number of carbonyl (C=O) groups is 1. The van der Waals surface area contributed by atoms with Gasteiger partial charge in [0.2, 0.25) is 0 Å². The SMILES string of the molecule is CC1NCC2CC1CN(C(=O)OCc1ccccc1)C2. The van der Waals surface area contributed by atoms with Crippen molar-refractivity contribution in [1.82, 2.24) is 10.2 Å². The number of rotatable bonds is 2. The van der Waals surface area contributed by atoms with Gasteiger partial charge in [0.1, 0.15) is 6.61 Å². The van der Waals surface area contributed by atoms with E-state index in [1.165, 1.54) is 6.42 Å². The highest BCUT2D eigenvalue weighted by atomic mass is 16.6. The first-order valence-corrected chi connectivity index (χ1v) is 7.41. The normalized spacial score (nSPS) is 29.1. The van der Waals surface area contributed by atoms with Crippen LogP contribution in [-0.4, -0.2) is 36.7 Å². The molecule has 2 saturated heterocycles. The maximum Gasteiger partial charge on any atom is 0.410 e. The van der Waals surface area contributed by atoms with Crippen molar-refractivity contribution in [3.63, 3.8) is 0 Å². The Morgan fingerprint density at radius 1 is 1.35 bits per heavy atom. The molecule has 108 valence electrons. The summed E-state index contributed by atoms with van der Waals surface area (Å²) in [6.07, 6.45) is 1.06. The topological polar surface area (TPSA) is 41.6 Å². The molecule has 3 atom stereocenters. The van der Waals surface area contributed by atoms with Crippen molar-refractivity contribution in [3.05, 3.63) is 35.9 Å². The second-order valence-corrected chi connectivity index (χ2v) is 6.00. The Balaban J connectivity index is 1.55. The standard InChI is InChI=1S/C16H22N2O2/c1-12-15-7-14(8-17-12)9-18(10-15)16(19)20-11-13-5-3-2-4-6-13/h2-6,12,14-15,17H,7-11H2,1H3. The van der Waals surface area contributed by atoms with E-state index in [1.807, 2.05) is 35.2 Å². The second kappa shape index (κ2) is 5.83. The van der Waals surface area contributed by atoms with Gasteiger partial charge in [-0.3, -0.25) is 0 Å². The van der Waals surface area contributed by atoms with Gasteiger partial charge in [-0.15, -0.1) is 0 Å². The molecule has 1 aromatic rings. The number of nitrogens with one attached hydrogen (secondary N) is 1. The molecule has 0 aliphatic carbocycles. The molecule has 4 nitrogen and oxygen atoms in total. The summed E-state index contributed by atoms with van der Waals surface area (Å²) >= 11 is 0. The average molecular weight is 274 g/mol. The average Bonchev–Trinajstić information content (AvgIpc) is 2.50. The molecule has 2 heterocycles. The Kier molecular flexibility index (Phi) is 3.92. The molecule has 2 aliphatic heterocycles. The number of hydrogen-bond donors (Lipinski definition) is 1. The van der Waals surface area contributed by atoms with Gasteiger partial charge in [0, 0.05) is 19.1 Å². The number of fused-ring (bicyclic) bond motifs is 2. The van der Waals surface area contributed by atoms with Gasteiger partial charge in [-0.2, -0.15) is 0 Å². The van der Waals surface area contributed by atoms with Crippen molar-refractivity contribution in [2.24, 2.45) is 11.8 Å². The summed E-state index contributed by atoms with van der Waals surface area (Å²) in [7, 11) is 0. The van der Waals surface area contributed by atoms with Gasteiger partial charge in [0.05, 0.1) is 0 Å². The quantitative estimate of drug-likeness (QED) is 0.899. The molecule has 0 saturated carbocycles. The minimum absolute atomic E-state index is 0.169. The molecule has 2 aliphatic rings. The molecule has 2 bridgehead atoms. The highest BCUT2D eigenvalue weighted by Gasteiger charge is 2.36. The molecule has 1 N–H and O–H groups in total. The number of hydrogen-bond acceptors (Lipinski definition) is 3. The van der Waals surface area contributed by atoms with Crippen LogP contribution in [0.3, 0.4) is 0 Å². The van der Waals surface area contributed by atoms with E-state index in [4.69, 9.17) is 4.74 Å². The van der Waals surface area contributed by atoms with E-state index >= 15 is 0 Å². The summed E-state index contributed by atoms with van der Waals surface area (Å²) in [5.41, 5.74) is 1.04. The predicted molar refractivity (Wildman–Crippen MR) is 77.3 cm³/mol. The van der Waals surface area contributed by atoms with Crippen LogP contribution in [-0.2, 0) is 11.3 Å². The molecule has 1 amide bonds.